The van der Waals surface area contributed by atoms with Gasteiger partial charge >= 0.3 is 0 Å². The summed E-state index contributed by atoms with van der Waals surface area (Å²) in [7, 11) is 0. The normalized spacial score (nSPS) is 18.3. The van der Waals surface area contributed by atoms with Crippen LogP contribution in [0.25, 0.3) is 5.69 Å². The molecule has 1 aliphatic heterocycles. The van der Waals surface area contributed by atoms with Gasteiger partial charge in [-0.2, -0.15) is 0 Å². The van der Waals surface area contributed by atoms with Crippen LogP contribution in [0.1, 0.15) is 72.5 Å². The molecule has 5 heteroatoms. The van der Waals surface area contributed by atoms with Crippen LogP contribution in [-0.2, 0) is 6.42 Å². The first-order chi connectivity index (χ1) is 15.5. The van der Waals surface area contributed by atoms with Crippen molar-refractivity contribution in [1.82, 2.24) is 19.8 Å². The molecule has 1 saturated heterocycles. The average molecular weight is 447 g/mol. The van der Waals surface area contributed by atoms with Gasteiger partial charge in [0.25, 0.3) is 0 Å². The van der Waals surface area contributed by atoms with Crippen LogP contribution in [0, 0.1) is 20.8 Å². The fourth-order valence-electron chi connectivity index (χ4n) is 5.07. The molecule has 4 nitrogen and oxygen atoms in total. The van der Waals surface area contributed by atoms with Crippen molar-refractivity contribution in [3.05, 3.63) is 82.4 Å². The van der Waals surface area contributed by atoms with Crippen molar-refractivity contribution in [1.29, 1.82) is 0 Å². The third kappa shape index (κ3) is 3.95. The number of rotatable bonds is 7. The van der Waals surface area contributed by atoms with E-state index in [0.29, 0.717) is 0 Å². The van der Waals surface area contributed by atoms with Gasteiger partial charge in [-0.3, -0.25) is 4.98 Å². The Balaban J connectivity index is 1.86. The molecule has 1 fully saturated rings. The lowest BCUT2D eigenvalue weighted by Gasteiger charge is -2.28. The predicted molar refractivity (Wildman–Crippen MR) is 136 cm³/mol. The van der Waals surface area contributed by atoms with E-state index in [2.05, 4.69) is 90.8 Å². The van der Waals surface area contributed by atoms with E-state index in [9.17, 15) is 0 Å². The van der Waals surface area contributed by atoms with Crippen molar-refractivity contribution in [2.24, 2.45) is 0 Å². The fourth-order valence-corrected chi connectivity index (χ4v) is 5.40. The standard InChI is InChI=1S/C27H34N4S/c1-6-8-16-30-26(24(29-27(30)32)23-14-9-10-15-28-23)22-17-19(4)31(20(22)5)25-18(3)12-11-13-21(25)7-2/h9-15,17,24,26H,6-8,16H2,1-5H3,(H,29,32). The summed E-state index contributed by atoms with van der Waals surface area (Å²) in [6.07, 6.45) is 5.14. The van der Waals surface area contributed by atoms with E-state index >= 15 is 0 Å². The van der Waals surface area contributed by atoms with Gasteiger partial charge in [-0.1, -0.05) is 44.5 Å². The van der Waals surface area contributed by atoms with Gasteiger partial charge in [0.05, 0.1) is 23.5 Å². The number of hydrogen-bond donors (Lipinski definition) is 1. The number of aromatic nitrogens is 2. The Hall–Kier alpha value is -2.66. The molecule has 0 radical (unpaired) electrons. The van der Waals surface area contributed by atoms with Gasteiger partial charge in [-0.15, -0.1) is 0 Å². The number of unbranched alkanes of at least 4 members (excludes halogenated alkanes) is 1. The molecule has 0 bridgehead atoms. The Kier molecular flexibility index (Phi) is 6.66. The van der Waals surface area contributed by atoms with E-state index in [4.69, 9.17) is 12.2 Å². The lowest BCUT2D eigenvalue weighted by atomic mass is 9.96. The maximum absolute atomic E-state index is 5.82. The van der Waals surface area contributed by atoms with E-state index in [-0.39, 0.29) is 12.1 Å². The lowest BCUT2D eigenvalue weighted by Crippen LogP contribution is -2.30. The highest BCUT2D eigenvalue weighted by Gasteiger charge is 2.41. The quantitative estimate of drug-likeness (QED) is 0.442. The van der Waals surface area contributed by atoms with E-state index < -0.39 is 0 Å². The summed E-state index contributed by atoms with van der Waals surface area (Å²) >= 11 is 5.82. The van der Waals surface area contributed by atoms with Gasteiger partial charge in [0.2, 0.25) is 0 Å². The zero-order valence-corrected chi connectivity index (χ0v) is 20.7. The van der Waals surface area contributed by atoms with E-state index in [1.165, 1.54) is 33.8 Å². The molecule has 0 saturated carbocycles. The van der Waals surface area contributed by atoms with Crippen molar-refractivity contribution < 1.29 is 0 Å². The summed E-state index contributed by atoms with van der Waals surface area (Å²) in [5.41, 5.74) is 8.91. The topological polar surface area (TPSA) is 33.1 Å². The fraction of sp³-hybridized carbons (Fsp3) is 0.407. The number of nitrogens with zero attached hydrogens (tertiary/aromatic N) is 3. The minimum atomic E-state index is 0.0389. The van der Waals surface area contributed by atoms with Gasteiger partial charge in [0.15, 0.2) is 5.11 Å². The largest absolute Gasteiger partial charge is 0.352 e. The minimum Gasteiger partial charge on any atom is -0.352 e. The second kappa shape index (κ2) is 9.45. The monoisotopic (exact) mass is 446 g/mol. The average Bonchev–Trinajstić information content (AvgIpc) is 3.27. The summed E-state index contributed by atoms with van der Waals surface area (Å²) in [6, 6.07) is 15.3. The molecule has 0 spiro atoms. The minimum absolute atomic E-state index is 0.0389. The number of benzene rings is 1. The van der Waals surface area contributed by atoms with Gasteiger partial charge in [-0.25, -0.2) is 0 Å². The molecule has 3 aromatic rings. The first-order valence-electron chi connectivity index (χ1n) is 11.7. The maximum Gasteiger partial charge on any atom is 0.170 e. The van der Waals surface area contributed by atoms with E-state index in [1.54, 1.807) is 0 Å². The molecule has 4 rings (SSSR count). The molecule has 1 aliphatic rings. The molecule has 1 N–H and O–H groups in total. The van der Waals surface area contributed by atoms with Gasteiger partial charge in [0.1, 0.15) is 0 Å². The maximum atomic E-state index is 5.82. The van der Waals surface area contributed by atoms with E-state index in [0.717, 1.165) is 36.6 Å². The number of hydrogen-bond acceptors (Lipinski definition) is 2. The van der Waals surface area contributed by atoms with Crippen molar-refractivity contribution in [3.63, 3.8) is 0 Å². The molecular formula is C27H34N4S. The molecule has 32 heavy (non-hydrogen) atoms. The second-order valence-corrected chi connectivity index (χ2v) is 9.16. The van der Waals surface area contributed by atoms with Crippen LogP contribution in [0.15, 0.2) is 48.7 Å². The summed E-state index contributed by atoms with van der Waals surface area (Å²) in [5.74, 6) is 0. The highest BCUT2D eigenvalue weighted by molar-refractivity contribution is 7.80. The Bertz CT molecular complexity index is 1100. The third-order valence-corrected chi connectivity index (χ3v) is 7.02. The molecule has 3 heterocycles. The predicted octanol–water partition coefficient (Wildman–Crippen LogP) is 6.13. The van der Waals surface area contributed by atoms with Crippen LogP contribution >= 0.6 is 12.2 Å². The highest BCUT2D eigenvalue weighted by Crippen LogP contribution is 2.42. The number of para-hydroxylation sites is 1. The van der Waals surface area contributed by atoms with Crippen molar-refractivity contribution in [3.8, 4) is 5.69 Å². The van der Waals surface area contributed by atoms with Crippen LogP contribution in [0.5, 0.6) is 0 Å². The first kappa shape index (κ1) is 22.5. The summed E-state index contributed by atoms with van der Waals surface area (Å²) in [6.45, 7) is 12.1. The van der Waals surface area contributed by atoms with Gasteiger partial charge in [0, 0.05) is 24.1 Å². The third-order valence-electron chi connectivity index (χ3n) is 6.67. The van der Waals surface area contributed by atoms with Crippen molar-refractivity contribution >= 4 is 17.3 Å². The first-order valence-corrected chi connectivity index (χ1v) is 12.1. The van der Waals surface area contributed by atoms with E-state index in [1.807, 2.05) is 12.3 Å². The molecule has 1 aromatic carbocycles. The number of aryl methyl sites for hydroxylation is 3. The Labute approximate surface area is 197 Å². The summed E-state index contributed by atoms with van der Waals surface area (Å²) in [4.78, 5) is 7.07. The Morgan fingerprint density at radius 3 is 2.56 bits per heavy atom. The van der Waals surface area contributed by atoms with Gasteiger partial charge < -0.3 is 14.8 Å². The molecule has 2 aromatic heterocycles. The molecule has 2 unspecified atom stereocenters. The van der Waals surface area contributed by atoms with Crippen LogP contribution in [-0.4, -0.2) is 26.1 Å². The Morgan fingerprint density at radius 2 is 1.88 bits per heavy atom. The van der Waals surface area contributed by atoms with Crippen LogP contribution < -0.4 is 5.32 Å². The number of nitrogens with one attached hydrogen (secondary N) is 1. The second-order valence-electron chi connectivity index (χ2n) is 8.77. The van der Waals surface area contributed by atoms with Crippen LogP contribution in [0.2, 0.25) is 0 Å². The molecular weight excluding hydrogens is 412 g/mol. The van der Waals surface area contributed by atoms with Crippen LogP contribution in [0.3, 0.4) is 0 Å². The Morgan fingerprint density at radius 1 is 1.06 bits per heavy atom. The van der Waals surface area contributed by atoms with Crippen molar-refractivity contribution in [2.75, 3.05) is 6.54 Å². The lowest BCUT2D eigenvalue weighted by molar-refractivity contribution is 0.312. The molecule has 168 valence electrons. The van der Waals surface area contributed by atoms with Gasteiger partial charge in [-0.05, 0) is 80.7 Å². The summed E-state index contributed by atoms with van der Waals surface area (Å²) < 4.78 is 2.44. The zero-order chi connectivity index (χ0) is 22.8. The zero-order valence-electron chi connectivity index (χ0n) is 19.9. The summed E-state index contributed by atoms with van der Waals surface area (Å²) in [5, 5.41) is 4.42. The number of pyridine rings is 1. The van der Waals surface area contributed by atoms with Crippen molar-refractivity contribution in [2.45, 2.75) is 66.0 Å². The highest BCUT2D eigenvalue weighted by atomic mass is 32.1. The smallest absolute Gasteiger partial charge is 0.170 e. The SMILES string of the molecule is CCCCN1C(=S)NC(c2ccccn2)C1c1cc(C)n(-c2c(C)cccc2CC)c1C. The number of thiocarbonyl (C=S) groups is 1. The van der Waals surface area contributed by atoms with Crippen LogP contribution in [0.4, 0.5) is 0 Å². The molecule has 0 aliphatic carbocycles. The molecule has 2 atom stereocenters. The molecule has 0 amide bonds.